The predicted octanol–water partition coefficient (Wildman–Crippen LogP) is 1.02. The lowest BCUT2D eigenvalue weighted by Gasteiger charge is -2.27. The molecule has 0 aliphatic carbocycles. The molecule has 8 nitrogen and oxygen atoms in total. The molecule has 1 heterocycles. The van der Waals surface area contributed by atoms with E-state index in [1.54, 1.807) is 0 Å². The Kier molecular flexibility index (Phi) is 4.45. The molecule has 0 spiro atoms. The summed E-state index contributed by atoms with van der Waals surface area (Å²) < 4.78 is 32.6. The number of anilines is 1. The molecule has 1 aromatic carbocycles. The zero-order valence-corrected chi connectivity index (χ0v) is 12.3. The Morgan fingerprint density at radius 2 is 2.19 bits per heavy atom. The number of hydrogen-bond donors (Lipinski definition) is 2. The van der Waals surface area contributed by atoms with Crippen molar-refractivity contribution >= 4 is 21.4 Å². The summed E-state index contributed by atoms with van der Waals surface area (Å²) in [5, 5.41) is 10.8. The van der Waals surface area contributed by atoms with E-state index in [0.29, 0.717) is 19.4 Å². The standard InChI is InChI=1S/C12H17N3O5S/c1-8-6-9(4-5-20-8)14-21(18,19)12-7-10(15(16)17)2-3-11(12)13/h2-3,7-9,14H,4-6,13H2,1H3. The molecule has 1 saturated heterocycles. The van der Waals surface area contributed by atoms with Crippen LogP contribution >= 0.6 is 0 Å². The van der Waals surface area contributed by atoms with E-state index in [1.165, 1.54) is 12.1 Å². The first kappa shape index (κ1) is 15.7. The van der Waals surface area contributed by atoms with Gasteiger partial charge in [-0.25, -0.2) is 13.1 Å². The van der Waals surface area contributed by atoms with Gasteiger partial charge in [0, 0.05) is 24.8 Å². The number of nitrogens with one attached hydrogen (secondary N) is 1. The Labute approximate surface area is 122 Å². The van der Waals surface area contributed by atoms with Crippen molar-refractivity contribution in [2.75, 3.05) is 12.3 Å². The number of rotatable bonds is 4. The molecule has 2 unspecified atom stereocenters. The van der Waals surface area contributed by atoms with Gasteiger partial charge >= 0.3 is 0 Å². The van der Waals surface area contributed by atoms with Gasteiger partial charge in [0.2, 0.25) is 10.0 Å². The van der Waals surface area contributed by atoms with Crippen molar-refractivity contribution in [3.8, 4) is 0 Å². The minimum Gasteiger partial charge on any atom is -0.398 e. The maximum Gasteiger partial charge on any atom is 0.270 e. The van der Waals surface area contributed by atoms with E-state index in [4.69, 9.17) is 10.5 Å². The second-order valence-electron chi connectivity index (χ2n) is 5.00. The van der Waals surface area contributed by atoms with E-state index in [9.17, 15) is 18.5 Å². The molecular weight excluding hydrogens is 298 g/mol. The molecule has 1 aliphatic heterocycles. The Hall–Kier alpha value is -1.71. The molecule has 0 bridgehead atoms. The number of benzene rings is 1. The molecule has 116 valence electrons. The number of nitro groups is 1. The summed E-state index contributed by atoms with van der Waals surface area (Å²) in [7, 11) is -3.91. The molecule has 1 aliphatic rings. The number of ether oxygens (including phenoxy) is 1. The lowest BCUT2D eigenvalue weighted by atomic mass is 10.1. The molecule has 2 rings (SSSR count). The maximum absolute atomic E-state index is 12.3. The summed E-state index contributed by atoms with van der Waals surface area (Å²) in [6.45, 7) is 2.33. The molecule has 9 heteroatoms. The third-order valence-electron chi connectivity index (χ3n) is 3.30. The predicted molar refractivity (Wildman–Crippen MR) is 76.3 cm³/mol. The summed E-state index contributed by atoms with van der Waals surface area (Å²) in [6, 6.07) is 3.10. The first-order chi connectivity index (χ1) is 9.79. The zero-order chi connectivity index (χ0) is 15.6. The largest absolute Gasteiger partial charge is 0.398 e. The average molecular weight is 315 g/mol. The van der Waals surface area contributed by atoms with Gasteiger partial charge in [0.1, 0.15) is 4.90 Å². The second-order valence-corrected chi connectivity index (χ2v) is 6.69. The highest BCUT2D eigenvalue weighted by Crippen LogP contribution is 2.25. The number of sulfonamides is 1. The fourth-order valence-electron chi connectivity index (χ4n) is 2.26. The molecule has 21 heavy (non-hydrogen) atoms. The summed E-state index contributed by atoms with van der Waals surface area (Å²) in [4.78, 5) is 9.83. The van der Waals surface area contributed by atoms with Crippen LogP contribution in [-0.2, 0) is 14.8 Å². The SMILES string of the molecule is CC1CC(NS(=O)(=O)c2cc([N+](=O)[O-])ccc2N)CCO1. The lowest BCUT2D eigenvalue weighted by molar-refractivity contribution is -0.385. The molecule has 1 fully saturated rings. The summed E-state index contributed by atoms with van der Waals surface area (Å²) in [5.41, 5.74) is 5.31. The van der Waals surface area contributed by atoms with Crippen LogP contribution in [0.1, 0.15) is 19.8 Å². The van der Waals surface area contributed by atoms with Gasteiger partial charge in [-0.15, -0.1) is 0 Å². The third-order valence-corrected chi connectivity index (χ3v) is 4.88. The monoisotopic (exact) mass is 315 g/mol. The Bertz CT molecular complexity index is 646. The molecule has 0 radical (unpaired) electrons. The van der Waals surface area contributed by atoms with E-state index in [1.807, 2.05) is 6.92 Å². The molecule has 0 amide bonds. The van der Waals surface area contributed by atoms with Crippen LogP contribution in [0.2, 0.25) is 0 Å². The van der Waals surface area contributed by atoms with E-state index < -0.39 is 14.9 Å². The van der Waals surface area contributed by atoms with Gasteiger partial charge in [-0.3, -0.25) is 10.1 Å². The van der Waals surface area contributed by atoms with E-state index >= 15 is 0 Å². The number of nitrogens with zero attached hydrogens (tertiary/aromatic N) is 1. The molecule has 0 aromatic heterocycles. The van der Waals surface area contributed by atoms with Crippen LogP contribution < -0.4 is 10.5 Å². The van der Waals surface area contributed by atoms with Crippen LogP contribution in [0.3, 0.4) is 0 Å². The number of nitro benzene ring substituents is 1. The van der Waals surface area contributed by atoms with Gasteiger partial charge < -0.3 is 10.5 Å². The highest BCUT2D eigenvalue weighted by atomic mass is 32.2. The molecule has 0 saturated carbocycles. The van der Waals surface area contributed by atoms with Gasteiger partial charge in [-0.2, -0.15) is 0 Å². The maximum atomic E-state index is 12.3. The Morgan fingerprint density at radius 1 is 1.48 bits per heavy atom. The van der Waals surface area contributed by atoms with Crippen LogP contribution in [0.5, 0.6) is 0 Å². The quantitative estimate of drug-likeness (QED) is 0.485. The van der Waals surface area contributed by atoms with E-state index in [0.717, 1.165) is 6.07 Å². The van der Waals surface area contributed by atoms with Gasteiger partial charge in [0.15, 0.2) is 0 Å². The van der Waals surface area contributed by atoms with Crippen molar-refractivity contribution in [2.45, 2.75) is 36.8 Å². The van der Waals surface area contributed by atoms with Crippen molar-refractivity contribution in [3.05, 3.63) is 28.3 Å². The minimum absolute atomic E-state index is 0.0202. The normalized spacial score (nSPS) is 22.9. The highest BCUT2D eigenvalue weighted by molar-refractivity contribution is 7.89. The first-order valence-electron chi connectivity index (χ1n) is 6.47. The number of nitrogens with two attached hydrogens (primary N) is 1. The number of non-ortho nitro benzene ring substituents is 1. The summed E-state index contributed by atoms with van der Waals surface area (Å²) in [6.07, 6.45) is 1.07. The number of nitrogen functional groups attached to an aromatic ring is 1. The van der Waals surface area contributed by atoms with Crippen molar-refractivity contribution < 1.29 is 18.1 Å². The summed E-state index contributed by atoms with van der Waals surface area (Å²) >= 11 is 0. The fraction of sp³-hybridized carbons (Fsp3) is 0.500. The van der Waals surface area contributed by atoms with Crippen LogP contribution in [0.15, 0.2) is 23.1 Å². The topological polar surface area (TPSA) is 125 Å². The summed E-state index contributed by atoms with van der Waals surface area (Å²) in [5.74, 6) is 0. The fourth-order valence-corrected chi connectivity index (χ4v) is 3.69. The molecule has 3 N–H and O–H groups in total. The van der Waals surface area contributed by atoms with Gasteiger partial charge in [0.05, 0.1) is 16.7 Å². The molecule has 2 atom stereocenters. The van der Waals surface area contributed by atoms with Crippen molar-refractivity contribution in [1.82, 2.24) is 4.72 Å². The minimum atomic E-state index is -3.91. The second kappa shape index (κ2) is 5.96. The van der Waals surface area contributed by atoms with Gasteiger partial charge in [-0.1, -0.05) is 0 Å². The highest BCUT2D eigenvalue weighted by Gasteiger charge is 2.27. The van der Waals surface area contributed by atoms with Crippen molar-refractivity contribution in [1.29, 1.82) is 0 Å². The van der Waals surface area contributed by atoms with Gasteiger partial charge in [0.25, 0.3) is 5.69 Å². The van der Waals surface area contributed by atoms with Crippen LogP contribution in [0, 0.1) is 10.1 Å². The van der Waals surface area contributed by atoms with Crippen LogP contribution in [-0.4, -0.2) is 32.1 Å². The Morgan fingerprint density at radius 3 is 2.81 bits per heavy atom. The first-order valence-corrected chi connectivity index (χ1v) is 7.96. The lowest BCUT2D eigenvalue weighted by Crippen LogP contribution is -2.41. The van der Waals surface area contributed by atoms with Crippen molar-refractivity contribution in [3.63, 3.8) is 0 Å². The van der Waals surface area contributed by atoms with Crippen LogP contribution in [0.4, 0.5) is 11.4 Å². The van der Waals surface area contributed by atoms with Crippen LogP contribution in [0.25, 0.3) is 0 Å². The van der Waals surface area contributed by atoms with Crippen molar-refractivity contribution in [2.24, 2.45) is 0 Å². The van der Waals surface area contributed by atoms with Gasteiger partial charge in [-0.05, 0) is 25.8 Å². The van der Waals surface area contributed by atoms with E-state index in [-0.39, 0.29) is 28.4 Å². The van der Waals surface area contributed by atoms with E-state index in [2.05, 4.69) is 4.72 Å². The third kappa shape index (κ3) is 3.69. The zero-order valence-electron chi connectivity index (χ0n) is 11.5. The Balaban J connectivity index is 2.26. The average Bonchev–Trinajstić information content (AvgIpc) is 2.38. The number of hydrogen-bond acceptors (Lipinski definition) is 6. The molecule has 1 aromatic rings. The molecular formula is C12H17N3O5S. The smallest absolute Gasteiger partial charge is 0.270 e.